The van der Waals surface area contributed by atoms with Crippen molar-refractivity contribution < 1.29 is 4.79 Å². The molecule has 2 aromatic rings. The Balaban J connectivity index is 0.00000450. The summed E-state index contributed by atoms with van der Waals surface area (Å²) in [6.45, 7) is 9.98. The second-order valence-electron chi connectivity index (χ2n) is 7.05. The van der Waals surface area contributed by atoms with E-state index in [9.17, 15) is 4.79 Å². The van der Waals surface area contributed by atoms with Gasteiger partial charge in [0.05, 0.1) is 12.2 Å². The molecule has 166 valence electrons. The van der Waals surface area contributed by atoms with Gasteiger partial charge in [-0.15, -0.1) is 24.0 Å². The Morgan fingerprint density at radius 3 is 2.47 bits per heavy atom. The number of halogens is 2. The van der Waals surface area contributed by atoms with Gasteiger partial charge in [0, 0.05) is 42.5 Å². The first-order chi connectivity index (χ1) is 13.8. The molecule has 2 rings (SSSR count). The highest BCUT2D eigenvalue weighted by atomic mass is 127. The summed E-state index contributed by atoms with van der Waals surface area (Å²) in [5, 5.41) is 14.6. The van der Waals surface area contributed by atoms with Crippen LogP contribution in [0, 0.1) is 13.8 Å². The van der Waals surface area contributed by atoms with Crippen LogP contribution < -0.4 is 16.0 Å². The summed E-state index contributed by atoms with van der Waals surface area (Å²) in [6.07, 6.45) is 0.864. The fraction of sp³-hybridized carbons (Fsp3) is 0.476. The van der Waals surface area contributed by atoms with Crippen molar-refractivity contribution in [1.82, 2.24) is 25.7 Å². The summed E-state index contributed by atoms with van der Waals surface area (Å²) >= 11 is 5.85. The molecule has 1 atom stereocenters. The van der Waals surface area contributed by atoms with Gasteiger partial charge >= 0.3 is 0 Å². The predicted octanol–water partition coefficient (Wildman–Crippen LogP) is 3.22. The van der Waals surface area contributed by atoms with Crippen molar-refractivity contribution in [2.45, 2.75) is 40.2 Å². The molecule has 1 amide bonds. The van der Waals surface area contributed by atoms with Crippen molar-refractivity contribution >= 4 is 47.4 Å². The molecule has 1 aromatic carbocycles. The molecular weight excluding hydrogens is 515 g/mol. The van der Waals surface area contributed by atoms with E-state index in [-0.39, 0.29) is 35.9 Å². The standard InChI is InChI=1S/C21H31ClN6O.HI/c1-6-23-21(26-14(2)13-19-15(3)27-28(5)16(19)4)25-12-11-24-20(29)17-7-9-18(22)10-8-17;/h7-10,14H,6,11-13H2,1-5H3,(H,24,29)(H2,23,25,26);1H. The van der Waals surface area contributed by atoms with Crippen molar-refractivity contribution in [2.75, 3.05) is 19.6 Å². The number of carbonyl (C=O) groups is 1. The van der Waals surface area contributed by atoms with Gasteiger partial charge in [-0.25, -0.2) is 0 Å². The molecule has 3 N–H and O–H groups in total. The van der Waals surface area contributed by atoms with Gasteiger partial charge in [0.1, 0.15) is 0 Å². The number of aliphatic imine (C=N–C) groups is 1. The van der Waals surface area contributed by atoms with Crippen LogP contribution in [0.25, 0.3) is 0 Å². The van der Waals surface area contributed by atoms with Gasteiger partial charge in [-0.1, -0.05) is 11.6 Å². The van der Waals surface area contributed by atoms with Crippen LogP contribution in [0.5, 0.6) is 0 Å². The van der Waals surface area contributed by atoms with Crippen molar-refractivity contribution in [3.8, 4) is 0 Å². The number of aryl methyl sites for hydroxylation is 2. The zero-order chi connectivity index (χ0) is 21.4. The first-order valence-electron chi connectivity index (χ1n) is 9.89. The van der Waals surface area contributed by atoms with E-state index in [1.54, 1.807) is 24.3 Å². The lowest BCUT2D eigenvalue weighted by Crippen LogP contribution is -2.43. The molecule has 1 heterocycles. The second-order valence-corrected chi connectivity index (χ2v) is 7.48. The molecular formula is C21H32ClIN6O. The Labute approximate surface area is 201 Å². The summed E-state index contributed by atoms with van der Waals surface area (Å²) in [5.41, 5.74) is 4.09. The van der Waals surface area contributed by atoms with Crippen LogP contribution in [0.3, 0.4) is 0 Å². The highest BCUT2D eigenvalue weighted by Crippen LogP contribution is 2.14. The van der Waals surface area contributed by atoms with E-state index in [0.29, 0.717) is 23.7 Å². The first-order valence-corrected chi connectivity index (χ1v) is 10.3. The maximum Gasteiger partial charge on any atom is 0.251 e. The topological polar surface area (TPSA) is 83.3 Å². The van der Waals surface area contributed by atoms with Gasteiger partial charge in [0.25, 0.3) is 5.91 Å². The van der Waals surface area contributed by atoms with Crippen LogP contribution >= 0.6 is 35.6 Å². The van der Waals surface area contributed by atoms with Gasteiger partial charge in [0.15, 0.2) is 5.96 Å². The van der Waals surface area contributed by atoms with Crippen LogP contribution in [-0.2, 0) is 13.5 Å². The van der Waals surface area contributed by atoms with E-state index in [1.807, 2.05) is 25.6 Å². The zero-order valence-corrected chi connectivity index (χ0v) is 21.3. The molecule has 0 aliphatic rings. The molecule has 30 heavy (non-hydrogen) atoms. The van der Waals surface area contributed by atoms with Crippen LogP contribution in [-0.4, -0.2) is 47.3 Å². The smallest absolute Gasteiger partial charge is 0.251 e. The van der Waals surface area contributed by atoms with E-state index < -0.39 is 0 Å². The number of guanidine groups is 1. The number of aromatic nitrogens is 2. The summed E-state index contributed by atoms with van der Waals surface area (Å²) in [5.74, 6) is 0.602. The maximum atomic E-state index is 12.1. The minimum atomic E-state index is -0.134. The van der Waals surface area contributed by atoms with Gasteiger partial charge in [-0.2, -0.15) is 5.10 Å². The number of hydrogen-bond donors (Lipinski definition) is 3. The fourth-order valence-electron chi connectivity index (χ4n) is 3.06. The van der Waals surface area contributed by atoms with Crippen LogP contribution in [0.15, 0.2) is 29.3 Å². The van der Waals surface area contributed by atoms with Crippen LogP contribution in [0.1, 0.15) is 41.2 Å². The Morgan fingerprint density at radius 2 is 1.90 bits per heavy atom. The first kappa shape index (κ1) is 26.2. The summed E-state index contributed by atoms with van der Waals surface area (Å²) < 4.78 is 1.92. The van der Waals surface area contributed by atoms with Crippen LogP contribution in [0.4, 0.5) is 0 Å². The van der Waals surface area contributed by atoms with Gasteiger partial charge in [0.2, 0.25) is 0 Å². The summed E-state index contributed by atoms with van der Waals surface area (Å²) in [7, 11) is 1.97. The number of nitrogens with zero attached hydrogens (tertiary/aromatic N) is 3. The molecule has 0 fully saturated rings. The number of nitrogens with one attached hydrogen (secondary N) is 3. The molecule has 0 radical (unpaired) electrons. The van der Waals surface area contributed by atoms with Crippen molar-refractivity contribution in [3.63, 3.8) is 0 Å². The van der Waals surface area contributed by atoms with E-state index in [4.69, 9.17) is 11.6 Å². The van der Waals surface area contributed by atoms with Crippen molar-refractivity contribution in [2.24, 2.45) is 12.0 Å². The molecule has 0 saturated heterocycles. The molecule has 0 aliphatic carbocycles. The Morgan fingerprint density at radius 1 is 1.23 bits per heavy atom. The van der Waals surface area contributed by atoms with Crippen molar-refractivity contribution in [3.05, 3.63) is 51.8 Å². The molecule has 0 aliphatic heterocycles. The van der Waals surface area contributed by atoms with Gasteiger partial charge in [-0.05, 0) is 63.9 Å². The monoisotopic (exact) mass is 546 g/mol. The predicted molar refractivity (Wildman–Crippen MR) is 134 cm³/mol. The van der Waals surface area contributed by atoms with Gasteiger partial charge < -0.3 is 16.0 Å². The third kappa shape index (κ3) is 7.79. The van der Waals surface area contributed by atoms with E-state index in [0.717, 1.165) is 24.6 Å². The van der Waals surface area contributed by atoms with E-state index in [1.165, 1.54) is 11.3 Å². The highest BCUT2D eigenvalue weighted by Gasteiger charge is 2.14. The number of hydrogen-bond acceptors (Lipinski definition) is 3. The van der Waals surface area contributed by atoms with E-state index in [2.05, 4.69) is 39.9 Å². The van der Waals surface area contributed by atoms with Gasteiger partial charge in [-0.3, -0.25) is 14.5 Å². The summed E-state index contributed by atoms with van der Waals surface area (Å²) in [4.78, 5) is 16.7. The lowest BCUT2D eigenvalue weighted by Gasteiger charge is -2.18. The number of benzene rings is 1. The van der Waals surface area contributed by atoms with E-state index >= 15 is 0 Å². The molecule has 9 heteroatoms. The lowest BCUT2D eigenvalue weighted by atomic mass is 10.1. The normalized spacial score (nSPS) is 12.1. The molecule has 0 saturated carbocycles. The highest BCUT2D eigenvalue weighted by molar-refractivity contribution is 14.0. The SMILES string of the molecule is CCNC(=NCCNC(=O)c1ccc(Cl)cc1)NC(C)Cc1c(C)nn(C)c1C.I. The second kappa shape index (κ2) is 12.8. The van der Waals surface area contributed by atoms with Crippen LogP contribution in [0.2, 0.25) is 5.02 Å². The quantitative estimate of drug-likeness (QED) is 0.206. The summed E-state index contributed by atoms with van der Waals surface area (Å²) in [6, 6.07) is 7.01. The number of amides is 1. The van der Waals surface area contributed by atoms with Crippen molar-refractivity contribution in [1.29, 1.82) is 0 Å². The lowest BCUT2D eigenvalue weighted by molar-refractivity contribution is 0.0955. The number of rotatable bonds is 8. The number of carbonyl (C=O) groups excluding carboxylic acids is 1. The Hall–Kier alpha value is -1.81. The minimum absolute atomic E-state index is 0. The molecule has 1 unspecified atom stereocenters. The fourth-order valence-corrected chi connectivity index (χ4v) is 3.19. The molecule has 0 spiro atoms. The minimum Gasteiger partial charge on any atom is -0.357 e. The molecule has 7 nitrogen and oxygen atoms in total. The third-order valence-electron chi connectivity index (χ3n) is 4.67. The molecule has 0 bridgehead atoms. The Kier molecular flexibility index (Phi) is 11.2. The maximum absolute atomic E-state index is 12.1. The average molecular weight is 547 g/mol. The molecule has 1 aromatic heterocycles. The zero-order valence-electron chi connectivity index (χ0n) is 18.3. The largest absolute Gasteiger partial charge is 0.357 e. The Bertz CT molecular complexity index is 850. The average Bonchev–Trinajstić information content (AvgIpc) is 2.91. The third-order valence-corrected chi connectivity index (χ3v) is 4.92.